The van der Waals surface area contributed by atoms with Crippen molar-refractivity contribution in [2.45, 2.75) is 19.5 Å². The summed E-state index contributed by atoms with van der Waals surface area (Å²) in [6.45, 7) is 5.81. The second kappa shape index (κ2) is 6.15. The minimum absolute atomic E-state index is 0.256. The van der Waals surface area contributed by atoms with Gasteiger partial charge in [0.2, 0.25) is 0 Å². The number of hydrogen-bond donors (Lipinski definition) is 1. The fraction of sp³-hybridized carbons (Fsp3) is 0.308. The molecular formula is C13H16FNO2. The molecule has 3 nitrogen and oxygen atoms in total. The lowest BCUT2D eigenvalue weighted by atomic mass is 10.1. The third-order valence-corrected chi connectivity index (χ3v) is 2.60. The lowest BCUT2D eigenvalue weighted by Crippen LogP contribution is -2.38. The number of carbonyl (C=O) groups is 1. The van der Waals surface area contributed by atoms with Crippen LogP contribution in [0.2, 0.25) is 0 Å². The maximum Gasteiger partial charge on any atom is 0.320 e. The highest BCUT2D eigenvalue weighted by Crippen LogP contribution is 2.12. The van der Waals surface area contributed by atoms with Gasteiger partial charge in [0.05, 0.1) is 0 Å². The van der Waals surface area contributed by atoms with E-state index >= 15 is 0 Å². The summed E-state index contributed by atoms with van der Waals surface area (Å²) < 4.78 is 13.5. The molecule has 1 atom stereocenters. The van der Waals surface area contributed by atoms with Gasteiger partial charge >= 0.3 is 5.97 Å². The van der Waals surface area contributed by atoms with Gasteiger partial charge in [0.15, 0.2) is 0 Å². The van der Waals surface area contributed by atoms with Crippen molar-refractivity contribution >= 4 is 5.97 Å². The molecule has 1 aromatic rings. The Labute approximate surface area is 100 Å². The van der Waals surface area contributed by atoms with E-state index in [0.717, 1.165) is 0 Å². The van der Waals surface area contributed by atoms with E-state index in [9.17, 15) is 9.18 Å². The predicted molar refractivity (Wildman–Crippen MR) is 64.1 cm³/mol. The zero-order valence-corrected chi connectivity index (χ0v) is 9.77. The highest BCUT2D eigenvalue weighted by Gasteiger charge is 2.20. The van der Waals surface area contributed by atoms with Crippen molar-refractivity contribution in [2.75, 3.05) is 6.54 Å². The molecule has 1 aromatic carbocycles. The lowest BCUT2D eigenvalue weighted by Gasteiger charge is -2.24. The van der Waals surface area contributed by atoms with Gasteiger partial charge in [-0.15, -0.1) is 6.58 Å². The largest absolute Gasteiger partial charge is 0.480 e. The molecule has 17 heavy (non-hydrogen) atoms. The molecule has 0 spiro atoms. The van der Waals surface area contributed by atoms with E-state index in [1.54, 1.807) is 36.1 Å². The number of halogens is 1. The summed E-state index contributed by atoms with van der Waals surface area (Å²) in [4.78, 5) is 12.6. The Morgan fingerprint density at radius 3 is 2.76 bits per heavy atom. The predicted octanol–water partition coefficient (Wildman–Crippen LogP) is 2.29. The van der Waals surface area contributed by atoms with E-state index in [2.05, 4.69) is 6.58 Å². The highest BCUT2D eigenvalue weighted by atomic mass is 19.1. The first kappa shape index (κ1) is 13.4. The highest BCUT2D eigenvalue weighted by molar-refractivity contribution is 5.72. The molecule has 1 rings (SSSR count). The van der Waals surface area contributed by atoms with Gasteiger partial charge in [-0.2, -0.15) is 0 Å². The van der Waals surface area contributed by atoms with Crippen LogP contribution in [-0.4, -0.2) is 28.6 Å². The first-order valence-electron chi connectivity index (χ1n) is 5.37. The van der Waals surface area contributed by atoms with E-state index in [-0.39, 0.29) is 12.4 Å². The van der Waals surface area contributed by atoms with Crippen molar-refractivity contribution < 1.29 is 14.3 Å². The number of carboxylic acids is 1. The molecule has 4 heteroatoms. The smallest absolute Gasteiger partial charge is 0.320 e. The Morgan fingerprint density at radius 2 is 2.24 bits per heavy atom. The molecule has 1 unspecified atom stereocenters. The minimum atomic E-state index is -0.928. The van der Waals surface area contributed by atoms with Gasteiger partial charge < -0.3 is 5.11 Å². The van der Waals surface area contributed by atoms with Gasteiger partial charge in [0.25, 0.3) is 0 Å². The summed E-state index contributed by atoms with van der Waals surface area (Å²) in [7, 11) is 0. The topological polar surface area (TPSA) is 40.5 Å². The number of rotatable bonds is 6. The first-order valence-corrected chi connectivity index (χ1v) is 5.37. The molecule has 0 aliphatic carbocycles. The average molecular weight is 237 g/mol. The summed E-state index contributed by atoms with van der Waals surface area (Å²) in [6, 6.07) is 5.69. The fourth-order valence-corrected chi connectivity index (χ4v) is 1.53. The molecule has 0 amide bonds. The number of hydrogen-bond acceptors (Lipinski definition) is 2. The summed E-state index contributed by atoms with van der Waals surface area (Å²) in [5, 5.41) is 8.96. The van der Waals surface area contributed by atoms with Gasteiger partial charge in [-0.25, -0.2) is 4.39 Å². The van der Waals surface area contributed by atoms with Gasteiger partial charge in [0, 0.05) is 18.7 Å². The fourth-order valence-electron chi connectivity index (χ4n) is 1.53. The van der Waals surface area contributed by atoms with Crippen LogP contribution in [0.1, 0.15) is 12.5 Å². The van der Waals surface area contributed by atoms with E-state index in [1.165, 1.54) is 6.07 Å². The van der Waals surface area contributed by atoms with E-state index < -0.39 is 12.0 Å². The molecule has 0 saturated carbocycles. The normalized spacial score (nSPS) is 12.4. The molecular weight excluding hydrogens is 221 g/mol. The minimum Gasteiger partial charge on any atom is -0.480 e. The second-order valence-corrected chi connectivity index (χ2v) is 3.82. The van der Waals surface area contributed by atoms with Crippen LogP contribution in [0, 0.1) is 5.82 Å². The lowest BCUT2D eigenvalue weighted by molar-refractivity contribution is -0.142. The summed E-state index contributed by atoms with van der Waals surface area (Å²) >= 11 is 0. The van der Waals surface area contributed by atoms with E-state index in [1.807, 2.05) is 0 Å². The Bertz CT molecular complexity index is 406. The zero-order valence-electron chi connectivity index (χ0n) is 9.77. The van der Waals surface area contributed by atoms with Crippen molar-refractivity contribution in [1.29, 1.82) is 0 Å². The number of aliphatic carboxylic acids is 1. The Hall–Kier alpha value is -1.68. The van der Waals surface area contributed by atoms with Crippen molar-refractivity contribution in [3.05, 3.63) is 48.3 Å². The van der Waals surface area contributed by atoms with Crippen LogP contribution >= 0.6 is 0 Å². The number of nitrogens with zero attached hydrogens (tertiary/aromatic N) is 1. The van der Waals surface area contributed by atoms with Crippen LogP contribution in [0.3, 0.4) is 0 Å². The third kappa shape index (κ3) is 3.67. The SMILES string of the molecule is C=CCN(Cc1ccccc1F)C(C)C(=O)O. The Balaban J connectivity index is 2.83. The molecule has 0 saturated heterocycles. The molecule has 1 N–H and O–H groups in total. The van der Waals surface area contributed by atoms with Crippen LogP contribution in [0.5, 0.6) is 0 Å². The average Bonchev–Trinajstić information content (AvgIpc) is 2.30. The van der Waals surface area contributed by atoms with Gasteiger partial charge in [0.1, 0.15) is 11.9 Å². The van der Waals surface area contributed by atoms with Gasteiger partial charge in [-0.05, 0) is 13.0 Å². The zero-order chi connectivity index (χ0) is 12.8. The van der Waals surface area contributed by atoms with E-state index in [0.29, 0.717) is 12.1 Å². The van der Waals surface area contributed by atoms with Crippen LogP contribution < -0.4 is 0 Å². The van der Waals surface area contributed by atoms with Gasteiger partial charge in [-0.1, -0.05) is 24.3 Å². The molecule has 0 radical (unpaired) electrons. The quantitative estimate of drug-likeness (QED) is 0.772. The molecule has 0 bridgehead atoms. The van der Waals surface area contributed by atoms with Crippen LogP contribution in [-0.2, 0) is 11.3 Å². The van der Waals surface area contributed by atoms with Crippen molar-refractivity contribution in [3.63, 3.8) is 0 Å². The van der Waals surface area contributed by atoms with Crippen LogP contribution in [0.25, 0.3) is 0 Å². The van der Waals surface area contributed by atoms with Crippen molar-refractivity contribution in [1.82, 2.24) is 4.90 Å². The van der Waals surface area contributed by atoms with Crippen LogP contribution in [0.4, 0.5) is 4.39 Å². The molecule has 0 heterocycles. The molecule has 0 fully saturated rings. The maximum atomic E-state index is 13.5. The summed E-state index contributed by atoms with van der Waals surface area (Å²) in [6.07, 6.45) is 1.61. The van der Waals surface area contributed by atoms with Crippen LogP contribution in [0.15, 0.2) is 36.9 Å². The Morgan fingerprint density at radius 1 is 1.59 bits per heavy atom. The second-order valence-electron chi connectivity index (χ2n) is 3.82. The first-order chi connectivity index (χ1) is 8.06. The molecule has 0 aliphatic rings. The maximum absolute atomic E-state index is 13.5. The summed E-state index contributed by atoms with van der Waals surface area (Å²) in [5.74, 6) is -1.25. The monoisotopic (exact) mass is 237 g/mol. The standard InChI is InChI=1S/C13H16FNO2/c1-3-8-15(10(2)13(16)17)9-11-6-4-5-7-12(11)14/h3-7,10H,1,8-9H2,2H3,(H,16,17). The van der Waals surface area contributed by atoms with E-state index in [4.69, 9.17) is 5.11 Å². The van der Waals surface area contributed by atoms with Crippen molar-refractivity contribution in [2.24, 2.45) is 0 Å². The van der Waals surface area contributed by atoms with Gasteiger partial charge in [-0.3, -0.25) is 9.69 Å². The molecule has 0 aromatic heterocycles. The third-order valence-electron chi connectivity index (χ3n) is 2.60. The number of benzene rings is 1. The summed E-state index contributed by atoms with van der Waals surface area (Å²) in [5.41, 5.74) is 0.488. The molecule has 0 aliphatic heterocycles. The Kier molecular flexibility index (Phi) is 4.84. The molecule has 92 valence electrons. The van der Waals surface area contributed by atoms with Crippen molar-refractivity contribution in [3.8, 4) is 0 Å². The number of carboxylic acid groups (broad SMARTS) is 1.